The standard InChI is InChI=1S/C13H14N4/c1-9-15-12-8-14-7-11(12)13(16-9)17-10-5-3-2-4-6-10/h2-6,14H,7-8H2,1H3,(H,15,16,17). The third-order valence-electron chi connectivity index (χ3n) is 2.84. The molecule has 0 unspecified atom stereocenters. The van der Waals surface area contributed by atoms with Crippen molar-refractivity contribution in [1.82, 2.24) is 15.3 Å². The molecule has 0 aliphatic carbocycles. The zero-order valence-corrected chi connectivity index (χ0v) is 9.70. The summed E-state index contributed by atoms with van der Waals surface area (Å²) in [5.41, 5.74) is 3.34. The Labute approximate surface area is 100 Å². The molecule has 4 nitrogen and oxygen atoms in total. The van der Waals surface area contributed by atoms with E-state index in [0.29, 0.717) is 0 Å². The van der Waals surface area contributed by atoms with Crippen LogP contribution in [0.2, 0.25) is 0 Å². The largest absolute Gasteiger partial charge is 0.340 e. The number of anilines is 2. The van der Waals surface area contributed by atoms with E-state index in [0.717, 1.165) is 36.1 Å². The van der Waals surface area contributed by atoms with Crippen LogP contribution in [0.1, 0.15) is 17.1 Å². The van der Waals surface area contributed by atoms with Gasteiger partial charge in [-0.25, -0.2) is 9.97 Å². The maximum Gasteiger partial charge on any atom is 0.138 e. The summed E-state index contributed by atoms with van der Waals surface area (Å²) in [5.74, 6) is 1.73. The van der Waals surface area contributed by atoms with Crippen molar-refractivity contribution < 1.29 is 0 Å². The summed E-state index contributed by atoms with van der Waals surface area (Å²) in [7, 11) is 0. The van der Waals surface area contributed by atoms with Gasteiger partial charge in [0, 0.05) is 24.3 Å². The van der Waals surface area contributed by atoms with E-state index in [4.69, 9.17) is 0 Å². The molecule has 0 amide bonds. The van der Waals surface area contributed by atoms with Crippen LogP contribution in [0.5, 0.6) is 0 Å². The molecule has 1 aromatic carbocycles. The minimum atomic E-state index is 0.811. The van der Waals surface area contributed by atoms with E-state index in [1.807, 2.05) is 37.3 Å². The van der Waals surface area contributed by atoms with E-state index >= 15 is 0 Å². The molecular formula is C13H14N4. The van der Waals surface area contributed by atoms with E-state index in [-0.39, 0.29) is 0 Å². The number of rotatable bonds is 2. The van der Waals surface area contributed by atoms with Gasteiger partial charge in [0.05, 0.1) is 5.69 Å². The molecule has 0 saturated heterocycles. The van der Waals surface area contributed by atoms with Gasteiger partial charge < -0.3 is 10.6 Å². The number of aryl methyl sites for hydroxylation is 1. The van der Waals surface area contributed by atoms with Crippen molar-refractivity contribution in [3.05, 3.63) is 47.4 Å². The molecule has 2 aromatic rings. The summed E-state index contributed by atoms with van der Waals surface area (Å²) in [4.78, 5) is 8.92. The van der Waals surface area contributed by atoms with Crippen LogP contribution >= 0.6 is 0 Å². The summed E-state index contributed by atoms with van der Waals surface area (Å²) < 4.78 is 0. The van der Waals surface area contributed by atoms with Crippen LogP contribution in [0.3, 0.4) is 0 Å². The highest BCUT2D eigenvalue weighted by Gasteiger charge is 2.17. The predicted molar refractivity (Wildman–Crippen MR) is 67.0 cm³/mol. The number of hydrogen-bond acceptors (Lipinski definition) is 4. The van der Waals surface area contributed by atoms with Gasteiger partial charge in [-0.1, -0.05) is 18.2 Å². The SMILES string of the molecule is Cc1nc2c(c(Nc3ccccc3)n1)CNC2. The fourth-order valence-corrected chi connectivity index (χ4v) is 2.05. The van der Waals surface area contributed by atoms with Gasteiger partial charge in [-0.2, -0.15) is 0 Å². The minimum absolute atomic E-state index is 0.811. The molecule has 1 aliphatic rings. The van der Waals surface area contributed by atoms with Crippen molar-refractivity contribution in [1.29, 1.82) is 0 Å². The number of nitrogens with one attached hydrogen (secondary N) is 2. The molecule has 1 aliphatic heterocycles. The van der Waals surface area contributed by atoms with Gasteiger partial charge >= 0.3 is 0 Å². The van der Waals surface area contributed by atoms with Gasteiger partial charge in [-0.05, 0) is 19.1 Å². The summed E-state index contributed by atoms with van der Waals surface area (Å²) in [5, 5.41) is 6.65. The second kappa shape index (κ2) is 4.14. The Morgan fingerprint density at radius 1 is 1.12 bits per heavy atom. The van der Waals surface area contributed by atoms with Gasteiger partial charge in [0.1, 0.15) is 11.6 Å². The number of hydrogen-bond donors (Lipinski definition) is 2. The Morgan fingerprint density at radius 2 is 1.94 bits per heavy atom. The van der Waals surface area contributed by atoms with Crippen molar-refractivity contribution in [3.63, 3.8) is 0 Å². The van der Waals surface area contributed by atoms with Crippen LogP contribution in [0.4, 0.5) is 11.5 Å². The molecule has 0 radical (unpaired) electrons. The molecule has 17 heavy (non-hydrogen) atoms. The lowest BCUT2D eigenvalue weighted by Crippen LogP contribution is -2.03. The van der Waals surface area contributed by atoms with Gasteiger partial charge in [0.15, 0.2) is 0 Å². The Morgan fingerprint density at radius 3 is 2.76 bits per heavy atom. The number of nitrogens with zero attached hydrogens (tertiary/aromatic N) is 2. The summed E-state index contributed by atoms with van der Waals surface area (Å²) >= 11 is 0. The Balaban J connectivity index is 1.98. The topological polar surface area (TPSA) is 49.8 Å². The lowest BCUT2D eigenvalue weighted by molar-refractivity contribution is 0.757. The maximum absolute atomic E-state index is 4.48. The number of fused-ring (bicyclic) bond motifs is 1. The second-order valence-electron chi connectivity index (χ2n) is 4.14. The zero-order valence-electron chi connectivity index (χ0n) is 9.70. The molecule has 2 heterocycles. The minimum Gasteiger partial charge on any atom is -0.340 e. The Bertz CT molecular complexity index is 537. The lowest BCUT2D eigenvalue weighted by atomic mass is 10.2. The van der Waals surface area contributed by atoms with Gasteiger partial charge in [-0.15, -0.1) is 0 Å². The first-order chi connectivity index (χ1) is 8.33. The highest BCUT2D eigenvalue weighted by molar-refractivity contribution is 5.60. The molecule has 4 heteroatoms. The Kier molecular flexibility index (Phi) is 2.49. The third-order valence-corrected chi connectivity index (χ3v) is 2.84. The second-order valence-corrected chi connectivity index (χ2v) is 4.14. The van der Waals surface area contributed by atoms with E-state index in [9.17, 15) is 0 Å². The average molecular weight is 226 g/mol. The maximum atomic E-state index is 4.48. The first-order valence-corrected chi connectivity index (χ1v) is 5.72. The van der Waals surface area contributed by atoms with Crippen LogP contribution in [-0.2, 0) is 13.1 Å². The quantitative estimate of drug-likeness (QED) is 0.823. The number of benzene rings is 1. The lowest BCUT2D eigenvalue weighted by Gasteiger charge is -2.10. The van der Waals surface area contributed by atoms with E-state index < -0.39 is 0 Å². The fraction of sp³-hybridized carbons (Fsp3) is 0.231. The van der Waals surface area contributed by atoms with Gasteiger partial charge in [0.2, 0.25) is 0 Å². The van der Waals surface area contributed by atoms with Gasteiger partial charge in [0.25, 0.3) is 0 Å². The first kappa shape index (κ1) is 10.2. The molecule has 0 fully saturated rings. The van der Waals surface area contributed by atoms with Crippen molar-refractivity contribution in [3.8, 4) is 0 Å². The van der Waals surface area contributed by atoms with Crippen LogP contribution in [0.25, 0.3) is 0 Å². The van der Waals surface area contributed by atoms with E-state index in [2.05, 4.69) is 20.6 Å². The van der Waals surface area contributed by atoms with Crippen LogP contribution < -0.4 is 10.6 Å². The van der Waals surface area contributed by atoms with Crippen LogP contribution in [-0.4, -0.2) is 9.97 Å². The van der Waals surface area contributed by atoms with E-state index in [1.165, 1.54) is 5.56 Å². The highest BCUT2D eigenvalue weighted by Crippen LogP contribution is 2.24. The molecule has 3 rings (SSSR count). The third kappa shape index (κ3) is 1.99. The summed E-state index contributed by atoms with van der Waals surface area (Å²) in [6.45, 7) is 3.60. The molecule has 1 aromatic heterocycles. The molecule has 0 saturated carbocycles. The average Bonchev–Trinajstić information content (AvgIpc) is 2.78. The normalized spacial score (nSPS) is 13.5. The van der Waals surface area contributed by atoms with Crippen molar-refractivity contribution in [2.75, 3.05) is 5.32 Å². The van der Waals surface area contributed by atoms with Crippen molar-refractivity contribution in [2.45, 2.75) is 20.0 Å². The Hall–Kier alpha value is -1.94. The molecule has 0 bridgehead atoms. The fourth-order valence-electron chi connectivity index (χ4n) is 2.05. The number of para-hydroxylation sites is 1. The smallest absolute Gasteiger partial charge is 0.138 e. The molecular weight excluding hydrogens is 212 g/mol. The monoisotopic (exact) mass is 226 g/mol. The highest BCUT2D eigenvalue weighted by atomic mass is 15.1. The van der Waals surface area contributed by atoms with Gasteiger partial charge in [-0.3, -0.25) is 0 Å². The predicted octanol–water partition coefficient (Wildman–Crippen LogP) is 2.13. The van der Waals surface area contributed by atoms with Crippen molar-refractivity contribution in [2.24, 2.45) is 0 Å². The molecule has 0 spiro atoms. The molecule has 2 N–H and O–H groups in total. The van der Waals surface area contributed by atoms with E-state index in [1.54, 1.807) is 0 Å². The zero-order chi connectivity index (χ0) is 11.7. The number of aromatic nitrogens is 2. The van der Waals surface area contributed by atoms with Crippen LogP contribution in [0.15, 0.2) is 30.3 Å². The molecule has 0 atom stereocenters. The van der Waals surface area contributed by atoms with Crippen LogP contribution in [0, 0.1) is 6.92 Å². The summed E-state index contributed by atoms with van der Waals surface area (Å²) in [6.07, 6.45) is 0. The summed E-state index contributed by atoms with van der Waals surface area (Å²) in [6, 6.07) is 10.1. The van der Waals surface area contributed by atoms with Crippen molar-refractivity contribution >= 4 is 11.5 Å². The molecule has 86 valence electrons. The first-order valence-electron chi connectivity index (χ1n) is 5.72.